The molecule has 0 amide bonds. The normalized spacial score (nSPS) is 16.7. The summed E-state index contributed by atoms with van der Waals surface area (Å²) in [6.45, 7) is 1.13. The number of hydrogen-bond donors (Lipinski definition) is 1. The number of nitrogens with zero attached hydrogens (tertiary/aromatic N) is 3. The van der Waals surface area contributed by atoms with Crippen LogP contribution in [0.5, 0.6) is 0 Å². The van der Waals surface area contributed by atoms with Crippen LogP contribution in [-0.4, -0.2) is 41.9 Å². The van der Waals surface area contributed by atoms with Gasteiger partial charge in [-0.2, -0.15) is 31.4 Å². The second-order valence-electron chi connectivity index (χ2n) is 8.53. The number of benzene rings is 2. The molecule has 204 valence electrons. The number of carboxylic acid groups (broad SMARTS) is 1. The molecule has 4 rings (SSSR count). The van der Waals surface area contributed by atoms with Crippen molar-refractivity contribution in [2.24, 2.45) is 0 Å². The van der Waals surface area contributed by atoms with Crippen LogP contribution in [-0.2, 0) is 27.0 Å². The lowest BCUT2D eigenvalue weighted by Crippen LogP contribution is -2.38. The van der Waals surface area contributed by atoms with Crippen molar-refractivity contribution in [1.29, 1.82) is 0 Å². The highest BCUT2D eigenvalue weighted by Gasteiger charge is 2.43. The summed E-state index contributed by atoms with van der Waals surface area (Å²) in [6, 6.07) is 3.06. The van der Waals surface area contributed by atoms with Crippen LogP contribution in [0.25, 0.3) is 5.69 Å². The fourth-order valence-corrected chi connectivity index (χ4v) is 6.19. The molecule has 3 aromatic rings. The molecule has 1 saturated heterocycles. The average molecular weight is 565 g/mol. The number of rotatable bonds is 5. The molecule has 2 heterocycles. The number of anilines is 1. The summed E-state index contributed by atoms with van der Waals surface area (Å²) < 4.78 is 122. The van der Waals surface area contributed by atoms with Gasteiger partial charge in [0.25, 0.3) is 0 Å². The minimum atomic E-state index is -5.26. The summed E-state index contributed by atoms with van der Waals surface area (Å²) in [6.07, 6.45) is -9.61. The van der Waals surface area contributed by atoms with Crippen LogP contribution in [0.1, 0.15) is 29.7 Å². The Kier molecular flexibility index (Phi) is 6.70. The topological polar surface area (TPSA) is 92.5 Å². The standard InChI is InChI=1S/C23H18F7N3O4S/c1-12-19(38(36,37)18-9-6-14(24)11-16(18)23(28,29)30)20(32-10-2-3-17(32)21(34)35)33(31-12)15-7-4-13(5-8-15)22(25,26)27/h4-9,11,17H,2-3,10H2,1H3,(H,34,35). The number of hydrogen-bond acceptors (Lipinski definition) is 5. The Labute approximate surface area is 211 Å². The SMILES string of the molecule is Cc1nn(-c2ccc(C(F)(F)F)cc2)c(N2CCCC2C(=O)O)c1S(=O)(=O)c1ccc(F)cc1C(F)(F)F. The highest BCUT2D eigenvalue weighted by molar-refractivity contribution is 7.91. The number of aromatic nitrogens is 2. The predicted octanol–water partition coefficient (Wildman–Crippen LogP) is 5.24. The zero-order valence-electron chi connectivity index (χ0n) is 19.3. The third-order valence-electron chi connectivity index (χ3n) is 6.04. The van der Waals surface area contributed by atoms with Gasteiger partial charge in [-0.05, 0) is 62.2 Å². The molecule has 0 saturated carbocycles. The molecule has 1 atom stereocenters. The molecular weight excluding hydrogens is 547 g/mol. The molecule has 15 heteroatoms. The number of halogens is 7. The Morgan fingerprint density at radius 1 is 1.03 bits per heavy atom. The van der Waals surface area contributed by atoms with Crippen LogP contribution in [0.3, 0.4) is 0 Å². The number of alkyl halides is 6. The minimum absolute atomic E-state index is 0.0259. The van der Waals surface area contributed by atoms with Gasteiger partial charge in [0.1, 0.15) is 16.8 Å². The van der Waals surface area contributed by atoms with Crippen molar-refractivity contribution in [1.82, 2.24) is 9.78 Å². The summed E-state index contributed by atoms with van der Waals surface area (Å²) in [7, 11) is -5.12. The van der Waals surface area contributed by atoms with E-state index in [1.54, 1.807) is 0 Å². The fourth-order valence-electron chi connectivity index (χ4n) is 4.38. The first-order valence-electron chi connectivity index (χ1n) is 10.9. The Morgan fingerprint density at radius 3 is 2.21 bits per heavy atom. The van der Waals surface area contributed by atoms with Gasteiger partial charge in [0.05, 0.1) is 27.4 Å². The molecule has 0 aliphatic carbocycles. The zero-order valence-corrected chi connectivity index (χ0v) is 20.1. The summed E-state index contributed by atoms with van der Waals surface area (Å²) in [5.74, 6) is -3.11. The number of aliphatic carboxylic acids is 1. The van der Waals surface area contributed by atoms with Crippen molar-refractivity contribution in [3.05, 3.63) is 65.1 Å². The largest absolute Gasteiger partial charge is 0.480 e. The molecule has 0 spiro atoms. The maximum Gasteiger partial charge on any atom is 0.417 e. The van der Waals surface area contributed by atoms with Gasteiger partial charge in [-0.15, -0.1) is 0 Å². The fraction of sp³-hybridized carbons (Fsp3) is 0.304. The van der Waals surface area contributed by atoms with E-state index in [2.05, 4.69) is 5.10 Å². The molecule has 2 aromatic carbocycles. The third kappa shape index (κ3) is 4.81. The van der Waals surface area contributed by atoms with Gasteiger partial charge in [0.2, 0.25) is 9.84 Å². The molecule has 1 unspecified atom stereocenters. The van der Waals surface area contributed by atoms with Crippen molar-refractivity contribution in [2.75, 3.05) is 11.4 Å². The first-order valence-corrected chi connectivity index (χ1v) is 12.4. The van der Waals surface area contributed by atoms with Crippen molar-refractivity contribution >= 4 is 21.6 Å². The highest BCUT2D eigenvalue weighted by Crippen LogP contribution is 2.42. The van der Waals surface area contributed by atoms with Crippen molar-refractivity contribution < 1.29 is 49.1 Å². The van der Waals surface area contributed by atoms with Crippen molar-refractivity contribution in [2.45, 2.75) is 48.0 Å². The van der Waals surface area contributed by atoms with E-state index in [4.69, 9.17) is 0 Å². The van der Waals surface area contributed by atoms with Crippen LogP contribution in [0.2, 0.25) is 0 Å². The third-order valence-corrected chi connectivity index (χ3v) is 7.99. The van der Waals surface area contributed by atoms with E-state index >= 15 is 0 Å². The molecule has 1 fully saturated rings. The van der Waals surface area contributed by atoms with Gasteiger partial charge < -0.3 is 10.0 Å². The van der Waals surface area contributed by atoms with Gasteiger partial charge in [-0.25, -0.2) is 22.3 Å². The maximum absolute atomic E-state index is 13.7. The first-order chi connectivity index (χ1) is 17.5. The molecule has 0 radical (unpaired) electrons. The minimum Gasteiger partial charge on any atom is -0.480 e. The van der Waals surface area contributed by atoms with Crippen molar-refractivity contribution in [3.63, 3.8) is 0 Å². The number of aryl methyl sites for hydroxylation is 1. The molecule has 7 nitrogen and oxygen atoms in total. The Bertz CT molecular complexity index is 1500. The van der Waals surface area contributed by atoms with Crippen LogP contribution in [0, 0.1) is 12.7 Å². The average Bonchev–Trinajstić information content (AvgIpc) is 3.42. The van der Waals surface area contributed by atoms with Gasteiger partial charge in [-0.3, -0.25) is 0 Å². The second-order valence-corrected chi connectivity index (χ2v) is 10.4. The van der Waals surface area contributed by atoms with E-state index in [1.165, 1.54) is 0 Å². The lowest BCUT2D eigenvalue weighted by molar-refractivity contribution is -0.140. The smallest absolute Gasteiger partial charge is 0.417 e. The summed E-state index contributed by atoms with van der Waals surface area (Å²) in [5.41, 5.74) is -3.23. The van der Waals surface area contributed by atoms with Crippen LogP contribution >= 0.6 is 0 Å². The van der Waals surface area contributed by atoms with E-state index in [9.17, 15) is 49.1 Å². The monoisotopic (exact) mass is 565 g/mol. The Morgan fingerprint density at radius 2 is 1.66 bits per heavy atom. The quantitative estimate of drug-likeness (QED) is 0.336. The van der Waals surface area contributed by atoms with E-state index < -0.39 is 66.8 Å². The van der Waals surface area contributed by atoms with Gasteiger partial charge in [0, 0.05) is 6.54 Å². The number of carboxylic acids is 1. The van der Waals surface area contributed by atoms with Crippen molar-refractivity contribution in [3.8, 4) is 5.69 Å². The molecule has 1 aromatic heterocycles. The first kappa shape index (κ1) is 27.4. The van der Waals surface area contributed by atoms with Gasteiger partial charge in [-0.1, -0.05) is 0 Å². The van der Waals surface area contributed by atoms with E-state index in [-0.39, 0.29) is 36.8 Å². The van der Waals surface area contributed by atoms with E-state index in [0.717, 1.165) is 28.6 Å². The predicted molar refractivity (Wildman–Crippen MR) is 118 cm³/mol. The lowest BCUT2D eigenvalue weighted by Gasteiger charge is -2.26. The zero-order chi connectivity index (χ0) is 28.2. The number of carbonyl (C=O) groups is 1. The maximum atomic E-state index is 13.7. The highest BCUT2D eigenvalue weighted by atomic mass is 32.2. The Balaban J connectivity index is 2.01. The van der Waals surface area contributed by atoms with E-state index in [0.29, 0.717) is 24.3 Å². The number of sulfone groups is 1. The summed E-state index contributed by atoms with van der Waals surface area (Å²) in [5, 5.41) is 13.8. The van der Waals surface area contributed by atoms with Crippen LogP contribution < -0.4 is 4.90 Å². The van der Waals surface area contributed by atoms with Gasteiger partial charge >= 0.3 is 18.3 Å². The molecule has 38 heavy (non-hydrogen) atoms. The molecule has 1 N–H and O–H groups in total. The summed E-state index contributed by atoms with van der Waals surface area (Å²) in [4.78, 5) is 11.0. The van der Waals surface area contributed by atoms with Crippen LogP contribution in [0.15, 0.2) is 52.3 Å². The van der Waals surface area contributed by atoms with E-state index in [1.807, 2.05) is 0 Å². The second kappa shape index (κ2) is 9.29. The summed E-state index contributed by atoms with van der Waals surface area (Å²) >= 11 is 0. The molecule has 1 aliphatic heterocycles. The van der Waals surface area contributed by atoms with Crippen LogP contribution in [0.4, 0.5) is 36.6 Å². The molecule has 0 bridgehead atoms. The molecule has 1 aliphatic rings. The van der Waals surface area contributed by atoms with Gasteiger partial charge in [0.15, 0.2) is 5.82 Å². The molecular formula is C23H18F7N3O4S. The Hall–Kier alpha value is -3.62. The lowest BCUT2D eigenvalue weighted by atomic mass is 10.2.